The van der Waals surface area contributed by atoms with E-state index in [4.69, 9.17) is 5.73 Å². The Hall–Kier alpha value is -1.40. The van der Waals surface area contributed by atoms with Gasteiger partial charge in [0.15, 0.2) is 0 Å². The number of hydrogen-bond acceptors (Lipinski definition) is 3. The third-order valence-corrected chi connectivity index (χ3v) is 3.72. The van der Waals surface area contributed by atoms with Gasteiger partial charge >= 0.3 is 6.61 Å². The average Bonchev–Trinajstić information content (AvgIpc) is 2.45. The lowest BCUT2D eigenvalue weighted by Crippen LogP contribution is -2.35. The first kappa shape index (κ1) is 18.6. The second kappa shape index (κ2) is 8.90. The summed E-state index contributed by atoms with van der Waals surface area (Å²) in [5, 5.41) is 2.78. The van der Waals surface area contributed by atoms with Crippen LogP contribution in [-0.4, -0.2) is 25.1 Å². The van der Waals surface area contributed by atoms with Crippen LogP contribution in [0.2, 0.25) is 0 Å². The molecule has 2 rings (SSSR count). The first-order valence-corrected chi connectivity index (χ1v) is 7.14. The molecule has 0 aromatic heterocycles. The standard InChI is InChI=1S/C15H20F2N2O2.ClH/c16-15(17)21-13-7-2-1-6-12(13)14(20)19-9-10-4-3-5-11(18)8-10;/h1-2,6-7,10-11,15H,3-5,8-9,18H2,(H,19,20);1H. The number of rotatable bonds is 5. The second-order valence-corrected chi connectivity index (χ2v) is 5.38. The van der Waals surface area contributed by atoms with E-state index in [0.717, 1.165) is 25.7 Å². The number of benzene rings is 1. The zero-order valence-corrected chi connectivity index (χ0v) is 13.0. The molecule has 3 N–H and O–H groups in total. The fourth-order valence-electron chi connectivity index (χ4n) is 2.70. The Balaban J connectivity index is 0.00000242. The Morgan fingerprint density at radius 3 is 2.77 bits per heavy atom. The van der Waals surface area contributed by atoms with Crippen molar-refractivity contribution in [2.75, 3.05) is 6.54 Å². The Labute approximate surface area is 134 Å². The summed E-state index contributed by atoms with van der Waals surface area (Å²) in [5.74, 6) is -0.156. The smallest absolute Gasteiger partial charge is 0.387 e. The molecule has 0 saturated heterocycles. The summed E-state index contributed by atoms with van der Waals surface area (Å²) in [7, 11) is 0. The van der Waals surface area contributed by atoms with Gasteiger partial charge in [0.1, 0.15) is 5.75 Å². The fraction of sp³-hybridized carbons (Fsp3) is 0.533. The number of carbonyl (C=O) groups excluding carboxylic acids is 1. The maximum Gasteiger partial charge on any atom is 0.387 e. The van der Waals surface area contributed by atoms with E-state index in [1.165, 1.54) is 12.1 Å². The van der Waals surface area contributed by atoms with Crippen molar-refractivity contribution in [3.8, 4) is 5.75 Å². The van der Waals surface area contributed by atoms with Crippen LogP contribution in [0.4, 0.5) is 8.78 Å². The fourth-order valence-corrected chi connectivity index (χ4v) is 2.70. The van der Waals surface area contributed by atoms with E-state index in [0.29, 0.717) is 12.5 Å². The van der Waals surface area contributed by atoms with Crippen LogP contribution in [0.5, 0.6) is 5.75 Å². The lowest BCUT2D eigenvalue weighted by Gasteiger charge is -2.26. The van der Waals surface area contributed by atoms with Crippen molar-refractivity contribution in [1.29, 1.82) is 0 Å². The van der Waals surface area contributed by atoms with Gasteiger partial charge in [-0.15, -0.1) is 12.4 Å². The van der Waals surface area contributed by atoms with Gasteiger partial charge < -0.3 is 15.8 Å². The Morgan fingerprint density at radius 1 is 1.36 bits per heavy atom. The number of amides is 1. The molecule has 0 spiro atoms. The van der Waals surface area contributed by atoms with Gasteiger partial charge in [-0.05, 0) is 37.3 Å². The van der Waals surface area contributed by atoms with E-state index in [2.05, 4.69) is 10.1 Å². The summed E-state index contributed by atoms with van der Waals surface area (Å²) >= 11 is 0. The average molecular weight is 335 g/mol. The highest BCUT2D eigenvalue weighted by Crippen LogP contribution is 2.23. The molecule has 1 saturated carbocycles. The molecule has 1 aromatic carbocycles. The Morgan fingerprint density at radius 2 is 2.09 bits per heavy atom. The molecule has 1 amide bonds. The van der Waals surface area contributed by atoms with Crippen LogP contribution < -0.4 is 15.8 Å². The molecule has 1 aliphatic rings. The number of para-hydroxylation sites is 1. The molecule has 0 bridgehead atoms. The Kier molecular flexibility index (Phi) is 7.55. The molecule has 7 heteroatoms. The molecule has 0 heterocycles. The summed E-state index contributed by atoms with van der Waals surface area (Å²) in [4.78, 5) is 12.1. The van der Waals surface area contributed by atoms with Gasteiger partial charge in [-0.3, -0.25) is 4.79 Å². The van der Waals surface area contributed by atoms with E-state index < -0.39 is 12.5 Å². The quantitative estimate of drug-likeness (QED) is 0.870. The van der Waals surface area contributed by atoms with Crippen molar-refractivity contribution < 1.29 is 18.3 Å². The van der Waals surface area contributed by atoms with Crippen molar-refractivity contribution in [2.45, 2.75) is 38.3 Å². The maximum atomic E-state index is 12.3. The molecule has 124 valence electrons. The van der Waals surface area contributed by atoms with E-state index in [1.54, 1.807) is 12.1 Å². The summed E-state index contributed by atoms with van der Waals surface area (Å²) in [6, 6.07) is 6.19. The minimum absolute atomic E-state index is 0. The molecule has 0 radical (unpaired) electrons. The summed E-state index contributed by atoms with van der Waals surface area (Å²) in [6.07, 6.45) is 4.00. The molecule has 1 aromatic rings. The highest BCUT2D eigenvalue weighted by molar-refractivity contribution is 5.96. The van der Waals surface area contributed by atoms with Gasteiger partial charge in [-0.1, -0.05) is 18.6 Å². The summed E-state index contributed by atoms with van der Waals surface area (Å²) < 4.78 is 29.0. The van der Waals surface area contributed by atoms with Gasteiger partial charge in [-0.25, -0.2) is 0 Å². The van der Waals surface area contributed by atoms with Crippen molar-refractivity contribution in [3.63, 3.8) is 0 Å². The zero-order chi connectivity index (χ0) is 15.2. The SMILES string of the molecule is Cl.NC1CCCC(CNC(=O)c2ccccc2OC(F)F)C1. The van der Waals surface area contributed by atoms with Crippen LogP contribution in [-0.2, 0) is 0 Å². The first-order valence-electron chi connectivity index (χ1n) is 7.14. The van der Waals surface area contributed by atoms with Crippen molar-refractivity contribution >= 4 is 18.3 Å². The van der Waals surface area contributed by atoms with Gasteiger partial charge in [0, 0.05) is 12.6 Å². The summed E-state index contributed by atoms with van der Waals surface area (Å²) in [5.41, 5.74) is 6.03. The van der Waals surface area contributed by atoms with Crippen LogP contribution in [0.15, 0.2) is 24.3 Å². The van der Waals surface area contributed by atoms with Gasteiger partial charge in [0.25, 0.3) is 5.91 Å². The number of carbonyl (C=O) groups is 1. The third-order valence-electron chi connectivity index (χ3n) is 3.72. The number of alkyl halides is 2. The third kappa shape index (κ3) is 5.42. The van der Waals surface area contributed by atoms with Gasteiger partial charge in [0.2, 0.25) is 0 Å². The number of nitrogens with two attached hydrogens (primary N) is 1. The molecule has 0 aliphatic heterocycles. The van der Waals surface area contributed by atoms with E-state index in [-0.39, 0.29) is 29.8 Å². The van der Waals surface area contributed by atoms with Crippen molar-refractivity contribution in [1.82, 2.24) is 5.32 Å². The topological polar surface area (TPSA) is 64.3 Å². The lowest BCUT2D eigenvalue weighted by atomic mass is 9.86. The largest absolute Gasteiger partial charge is 0.434 e. The van der Waals surface area contributed by atoms with Crippen LogP contribution in [0, 0.1) is 5.92 Å². The minimum atomic E-state index is -2.95. The second-order valence-electron chi connectivity index (χ2n) is 5.38. The number of hydrogen-bond donors (Lipinski definition) is 2. The van der Waals surface area contributed by atoms with Crippen LogP contribution in [0.1, 0.15) is 36.0 Å². The number of ether oxygens (including phenoxy) is 1. The molecule has 4 nitrogen and oxygen atoms in total. The van der Waals surface area contributed by atoms with Crippen molar-refractivity contribution in [3.05, 3.63) is 29.8 Å². The predicted octanol–water partition coefficient (Wildman–Crippen LogP) is 2.96. The molecular formula is C15H21ClF2N2O2. The lowest BCUT2D eigenvalue weighted by molar-refractivity contribution is -0.0501. The first-order chi connectivity index (χ1) is 10.1. The monoisotopic (exact) mass is 334 g/mol. The molecular weight excluding hydrogens is 314 g/mol. The molecule has 2 atom stereocenters. The molecule has 1 aliphatic carbocycles. The maximum absolute atomic E-state index is 12.3. The number of halogens is 3. The van der Waals surface area contributed by atoms with Crippen LogP contribution in [0.3, 0.4) is 0 Å². The minimum Gasteiger partial charge on any atom is -0.434 e. The summed E-state index contributed by atoms with van der Waals surface area (Å²) in [6.45, 7) is -2.44. The van der Waals surface area contributed by atoms with Crippen molar-refractivity contribution in [2.24, 2.45) is 11.7 Å². The normalized spacial score (nSPS) is 21.1. The number of nitrogens with one attached hydrogen (secondary N) is 1. The predicted molar refractivity (Wildman–Crippen MR) is 82.6 cm³/mol. The zero-order valence-electron chi connectivity index (χ0n) is 12.1. The molecule has 22 heavy (non-hydrogen) atoms. The molecule has 1 fully saturated rings. The molecule has 2 unspecified atom stereocenters. The van der Waals surface area contributed by atoms with Crippen LogP contribution in [0.25, 0.3) is 0 Å². The Bertz CT molecular complexity index is 488. The van der Waals surface area contributed by atoms with Gasteiger partial charge in [-0.2, -0.15) is 8.78 Å². The van der Waals surface area contributed by atoms with Crippen LogP contribution >= 0.6 is 12.4 Å². The highest BCUT2D eigenvalue weighted by atomic mass is 35.5. The van der Waals surface area contributed by atoms with E-state index >= 15 is 0 Å². The highest BCUT2D eigenvalue weighted by Gasteiger charge is 2.21. The van der Waals surface area contributed by atoms with E-state index in [1.807, 2.05) is 0 Å². The van der Waals surface area contributed by atoms with Gasteiger partial charge in [0.05, 0.1) is 5.56 Å². The van der Waals surface area contributed by atoms with E-state index in [9.17, 15) is 13.6 Å².